The lowest BCUT2D eigenvalue weighted by Crippen LogP contribution is -3.13. The standard InChI is InChI=1S/C28H29N5O5/c1-2-38-26-11-10-19(14-29-30-28(35)23-6-3-4-7-25(23)33(36)37)12-22(26)18-31-15-20-13-21(17-31)24-8-5-9-27(34)32(24)16-20/h3-12,14,20-21H,2,13,15-18H2,1H3,(H,30,35)/p+1. The quantitative estimate of drug-likeness (QED) is 0.270. The summed E-state index contributed by atoms with van der Waals surface area (Å²) in [6, 6.07) is 17.1. The molecule has 2 bridgehead atoms. The van der Waals surface area contributed by atoms with Crippen molar-refractivity contribution in [2.45, 2.75) is 32.4 Å². The molecule has 5 rings (SSSR count). The maximum atomic E-state index is 12.5. The Labute approximate surface area is 219 Å². The lowest BCUT2D eigenvalue weighted by Gasteiger charge is -2.40. The summed E-state index contributed by atoms with van der Waals surface area (Å²) in [5.74, 6) is 0.967. The van der Waals surface area contributed by atoms with E-state index >= 15 is 0 Å². The third-order valence-electron chi connectivity index (χ3n) is 7.22. The van der Waals surface area contributed by atoms with Crippen LogP contribution >= 0.6 is 0 Å². The SMILES string of the molecule is CCOc1ccc(C=NNC(=O)c2ccccc2[N+](=O)[O-])cc1C[NH+]1CC2CC(C1)c1cccc(=O)n1C2. The van der Waals surface area contributed by atoms with E-state index in [0.29, 0.717) is 18.4 Å². The molecule has 1 fully saturated rings. The van der Waals surface area contributed by atoms with Crippen LogP contribution in [0.5, 0.6) is 5.75 Å². The number of nitro benzene ring substituents is 1. The van der Waals surface area contributed by atoms with E-state index in [-0.39, 0.29) is 16.8 Å². The molecule has 0 saturated carbocycles. The molecule has 38 heavy (non-hydrogen) atoms. The van der Waals surface area contributed by atoms with Crippen LogP contribution in [-0.4, -0.2) is 41.3 Å². The largest absolute Gasteiger partial charge is 0.493 e. The zero-order chi connectivity index (χ0) is 26.6. The monoisotopic (exact) mass is 516 g/mol. The Morgan fingerprint density at radius 3 is 2.87 bits per heavy atom. The van der Waals surface area contributed by atoms with E-state index in [2.05, 4.69) is 16.6 Å². The topological polar surface area (TPSA) is 120 Å². The number of likely N-dealkylation sites (tertiary alicyclic amines) is 1. The number of nitrogens with one attached hydrogen (secondary N) is 2. The fourth-order valence-electron chi connectivity index (χ4n) is 5.70. The van der Waals surface area contributed by atoms with Gasteiger partial charge in [-0.05, 0) is 49.2 Å². The summed E-state index contributed by atoms with van der Waals surface area (Å²) in [4.78, 5) is 36.9. The van der Waals surface area contributed by atoms with Crippen molar-refractivity contribution < 1.29 is 19.4 Å². The number of para-hydroxylation sites is 1. The maximum Gasteiger partial charge on any atom is 0.282 e. The Morgan fingerprint density at radius 2 is 2.05 bits per heavy atom. The summed E-state index contributed by atoms with van der Waals surface area (Å²) < 4.78 is 7.84. The highest BCUT2D eigenvalue weighted by Gasteiger charge is 2.37. The van der Waals surface area contributed by atoms with Crippen molar-refractivity contribution in [3.05, 3.63) is 104 Å². The number of quaternary nitrogens is 1. The highest BCUT2D eigenvalue weighted by atomic mass is 16.6. The van der Waals surface area contributed by atoms with Crippen LogP contribution < -0.4 is 20.6 Å². The van der Waals surface area contributed by atoms with Crippen LogP contribution in [0.4, 0.5) is 5.69 Å². The molecule has 3 atom stereocenters. The minimum absolute atomic E-state index is 0.0508. The number of aromatic nitrogens is 1. The fraction of sp³-hybridized carbons (Fsp3) is 0.321. The van der Waals surface area contributed by atoms with Gasteiger partial charge in [0.1, 0.15) is 17.9 Å². The van der Waals surface area contributed by atoms with Crippen LogP contribution in [0.2, 0.25) is 0 Å². The first-order valence-electron chi connectivity index (χ1n) is 12.8. The highest BCUT2D eigenvalue weighted by Crippen LogP contribution is 2.30. The third kappa shape index (κ3) is 5.35. The molecule has 1 saturated heterocycles. The molecule has 2 N–H and O–H groups in total. The number of benzene rings is 2. The number of hydrogen-bond donors (Lipinski definition) is 2. The van der Waals surface area contributed by atoms with Crippen LogP contribution in [0.3, 0.4) is 0 Å². The molecule has 2 aliphatic heterocycles. The number of nitrogens with zero attached hydrogens (tertiary/aromatic N) is 3. The number of pyridine rings is 1. The molecule has 3 unspecified atom stereocenters. The van der Waals surface area contributed by atoms with Gasteiger partial charge in [-0.15, -0.1) is 0 Å². The average molecular weight is 517 g/mol. The van der Waals surface area contributed by atoms with Gasteiger partial charge in [0.15, 0.2) is 0 Å². The molecule has 3 aromatic rings. The lowest BCUT2D eigenvalue weighted by molar-refractivity contribution is -0.924. The van der Waals surface area contributed by atoms with Crippen LogP contribution in [0, 0.1) is 16.0 Å². The predicted octanol–water partition coefficient (Wildman–Crippen LogP) is 2.12. The second-order valence-corrected chi connectivity index (χ2v) is 9.81. The summed E-state index contributed by atoms with van der Waals surface area (Å²) in [6.07, 6.45) is 2.63. The van der Waals surface area contributed by atoms with E-state index in [0.717, 1.165) is 55.2 Å². The zero-order valence-corrected chi connectivity index (χ0v) is 21.1. The number of hydrazone groups is 1. The molecule has 1 amide bonds. The Bertz CT molecular complexity index is 1450. The van der Waals surface area contributed by atoms with Crippen molar-refractivity contribution in [2.24, 2.45) is 11.0 Å². The third-order valence-corrected chi connectivity index (χ3v) is 7.22. The van der Waals surface area contributed by atoms with Crippen LogP contribution in [0.25, 0.3) is 0 Å². The number of rotatable bonds is 8. The fourth-order valence-corrected chi connectivity index (χ4v) is 5.70. The summed E-state index contributed by atoms with van der Waals surface area (Å²) >= 11 is 0. The van der Waals surface area contributed by atoms with Gasteiger partial charge < -0.3 is 14.2 Å². The molecule has 196 valence electrons. The molecule has 2 aliphatic rings. The predicted molar refractivity (Wildman–Crippen MR) is 142 cm³/mol. The van der Waals surface area contributed by atoms with Gasteiger partial charge in [0.05, 0.1) is 30.8 Å². The van der Waals surface area contributed by atoms with Gasteiger partial charge in [-0.1, -0.05) is 18.2 Å². The number of hydrogen-bond acceptors (Lipinski definition) is 6. The first kappa shape index (κ1) is 25.3. The summed E-state index contributed by atoms with van der Waals surface area (Å²) in [7, 11) is 0. The normalized spacial score (nSPS) is 20.1. The van der Waals surface area contributed by atoms with Gasteiger partial charge in [0.25, 0.3) is 17.2 Å². The molecule has 2 aromatic carbocycles. The maximum absolute atomic E-state index is 12.5. The molecule has 0 aliphatic carbocycles. The average Bonchev–Trinajstić information content (AvgIpc) is 2.90. The molecule has 3 heterocycles. The van der Waals surface area contributed by atoms with E-state index in [1.165, 1.54) is 29.3 Å². The van der Waals surface area contributed by atoms with E-state index < -0.39 is 10.8 Å². The lowest BCUT2D eigenvalue weighted by atomic mass is 9.83. The Balaban J connectivity index is 1.31. The number of ether oxygens (including phenoxy) is 1. The van der Waals surface area contributed by atoms with Crippen LogP contribution in [-0.2, 0) is 13.1 Å². The zero-order valence-electron chi connectivity index (χ0n) is 21.1. The number of carbonyl (C=O) groups excluding carboxylic acids is 1. The van der Waals surface area contributed by atoms with Gasteiger partial charge in [-0.2, -0.15) is 5.10 Å². The van der Waals surface area contributed by atoms with Gasteiger partial charge in [-0.25, -0.2) is 5.43 Å². The van der Waals surface area contributed by atoms with Gasteiger partial charge in [0.2, 0.25) is 0 Å². The number of carbonyl (C=O) groups is 1. The second kappa shape index (κ2) is 11.0. The van der Waals surface area contributed by atoms with Crippen molar-refractivity contribution in [1.29, 1.82) is 0 Å². The minimum atomic E-state index is -0.650. The van der Waals surface area contributed by atoms with Crippen molar-refractivity contribution in [2.75, 3.05) is 19.7 Å². The molecule has 0 spiro atoms. The van der Waals surface area contributed by atoms with E-state index in [9.17, 15) is 19.7 Å². The Morgan fingerprint density at radius 1 is 1.21 bits per heavy atom. The second-order valence-electron chi connectivity index (χ2n) is 9.81. The van der Waals surface area contributed by atoms with Gasteiger partial charge >= 0.3 is 0 Å². The first-order valence-corrected chi connectivity index (χ1v) is 12.8. The van der Waals surface area contributed by atoms with Crippen molar-refractivity contribution >= 4 is 17.8 Å². The summed E-state index contributed by atoms with van der Waals surface area (Å²) in [5.41, 5.74) is 5.10. The Kier molecular flexibility index (Phi) is 7.32. The van der Waals surface area contributed by atoms with Crippen LogP contribution in [0.15, 0.2) is 70.6 Å². The molecule has 0 radical (unpaired) electrons. The van der Waals surface area contributed by atoms with E-state index in [1.54, 1.807) is 12.1 Å². The van der Waals surface area contributed by atoms with Gasteiger partial charge in [-0.3, -0.25) is 19.7 Å². The number of amides is 1. The molecule has 10 heteroatoms. The van der Waals surface area contributed by atoms with Crippen molar-refractivity contribution in [3.8, 4) is 5.75 Å². The summed E-state index contributed by atoms with van der Waals surface area (Å²) in [6.45, 7) is 5.94. The first-order chi connectivity index (χ1) is 18.4. The minimum Gasteiger partial charge on any atom is -0.493 e. The van der Waals surface area contributed by atoms with E-state index in [4.69, 9.17) is 4.74 Å². The van der Waals surface area contributed by atoms with E-state index in [1.807, 2.05) is 35.8 Å². The van der Waals surface area contributed by atoms with Crippen molar-refractivity contribution in [1.82, 2.24) is 9.99 Å². The number of piperidine rings is 1. The number of fused-ring (bicyclic) bond motifs is 4. The molecular formula is C28H30N5O5+. The smallest absolute Gasteiger partial charge is 0.282 e. The highest BCUT2D eigenvalue weighted by molar-refractivity contribution is 5.98. The van der Waals surface area contributed by atoms with Crippen molar-refractivity contribution in [3.63, 3.8) is 0 Å². The summed E-state index contributed by atoms with van der Waals surface area (Å²) in [5, 5.41) is 15.2. The molecular weight excluding hydrogens is 486 g/mol. The molecule has 1 aromatic heterocycles. The molecule has 10 nitrogen and oxygen atoms in total. The van der Waals surface area contributed by atoms with Crippen LogP contribution in [0.1, 0.15) is 46.4 Å². The van der Waals surface area contributed by atoms with Gasteiger partial charge in [0, 0.05) is 41.8 Å². The number of nitro groups is 1. The Hall–Kier alpha value is -4.31.